The van der Waals surface area contributed by atoms with E-state index < -0.39 is 22.6 Å². The molecule has 0 atom stereocenters. The molecule has 2 aromatic heterocycles. The second-order valence-electron chi connectivity index (χ2n) is 8.59. The van der Waals surface area contributed by atoms with Gasteiger partial charge in [0, 0.05) is 36.5 Å². The molecule has 5 rings (SSSR count). The molecule has 0 aliphatic carbocycles. The van der Waals surface area contributed by atoms with E-state index in [2.05, 4.69) is 10.3 Å². The van der Waals surface area contributed by atoms with E-state index in [9.17, 15) is 22.8 Å². The Morgan fingerprint density at radius 2 is 1.68 bits per heavy atom. The van der Waals surface area contributed by atoms with Crippen LogP contribution in [0, 0.1) is 0 Å². The molecule has 0 spiro atoms. The zero-order chi connectivity index (χ0) is 26.0. The number of pyridine rings is 2. The van der Waals surface area contributed by atoms with Crippen LogP contribution in [0.3, 0.4) is 0 Å². The van der Waals surface area contributed by atoms with E-state index in [1.165, 1.54) is 4.57 Å². The normalized spacial score (nSPS) is 13.8. The van der Waals surface area contributed by atoms with Gasteiger partial charge in [-0.25, -0.2) is 0 Å². The first-order chi connectivity index (χ1) is 17.8. The van der Waals surface area contributed by atoms with E-state index in [1.807, 2.05) is 6.07 Å². The summed E-state index contributed by atoms with van der Waals surface area (Å²) >= 11 is 0. The van der Waals surface area contributed by atoms with Crippen LogP contribution in [0.15, 0.2) is 77.6 Å². The summed E-state index contributed by atoms with van der Waals surface area (Å²) in [6.45, 7) is 0.795. The summed E-state index contributed by atoms with van der Waals surface area (Å²) in [4.78, 5) is 30.9. The fourth-order valence-corrected chi connectivity index (χ4v) is 4.39. The zero-order valence-electron chi connectivity index (χ0n) is 19.7. The van der Waals surface area contributed by atoms with E-state index >= 15 is 0 Å². The number of halogens is 3. The minimum Gasteiger partial charge on any atom is -0.476 e. The van der Waals surface area contributed by atoms with Crippen LogP contribution in [0.5, 0.6) is 5.88 Å². The Balaban J connectivity index is 1.67. The molecule has 1 amide bonds. The van der Waals surface area contributed by atoms with Gasteiger partial charge in [0.1, 0.15) is 12.4 Å². The van der Waals surface area contributed by atoms with Gasteiger partial charge in [0.2, 0.25) is 11.8 Å². The molecule has 190 valence electrons. The molecular formula is C27H23F3N4O3. The fraction of sp³-hybridized carbons (Fsp3) is 0.222. The number of alkyl halides is 3. The maximum absolute atomic E-state index is 14.2. The van der Waals surface area contributed by atoms with Crippen LogP contribution in [0.4, 0.5) is 24.7 Å². The van der Waals surface area contributed by atoms with Crippen molar-refractivity contribution < 1.29 is 22.7 Å². The number of aromatic nitrogens is 2. The molecule has 1 saturated heterocycles. The second kappa shape index (κ2) is 9.96. The van der Waals surface area contributed by atoms with Crippen molar-refractivity contribution in [1.82, 2.24) is 14.5 Å². The molecule has 0 radical (unpaired) electrons. The molecule has 10 heteroatoms. The molecule has 0 unspecified atom stereocenters. The van der Waals surface area contributed by atoms with Crippen LogP contribution in [-0.4, -0.2) is 40.1 Å². The lowest BCUT2D eigenvalue weighted by atomic mass is 10.1. The number of hydrogen-bond donors (Lipinski definition) is 1. The van der Waals surface area contributed by atoms with E-state index in [1.54, 1.807) is 59.5 Å². The first kappa shape index (κ1) is 24.4. The number of benzene rings is 2. The predicted molar refractivity (Wildman–Crippen MR) is 133 cm³/mol. The third-order valence-corrected chi connectivity index (χ3v) is 6.09. The van der Waals surface area contributed by atoms with Gasteiger partial charge in [-0.2, -0.15) is 18.2 Å². The highest BCUT2D eigenvalue weighted by molar-refractivity contribution is 5.85. The lowest BCUT2D eigenvalue weighted by molar-refractivity contribution is -0.136. The highest BCUT2D eigenvalue weighted by atomic mass is 19.4. The van der Waals surface area contributed by atoms with Crippen molar-refractivity contribution >= 4 is 28.4 Å². The molecule has 3 heterocycles. The van der Waals surface area contributed by atoms with E-state index in [0.717, 1.165) is 18.6 Å². The Bertz CT molecular complexity index is 1490. The van der Waals surface area contributed by atoms with E-state index in [0.29, 0.717) is 24.3 Å². The molecule has 37 heavy (non-hydrogen) atoms. The summed E-state index contributed by atoms with van der Waals surface area (Å²) < 4.78 is 49.6. The van der Waals surface area contributed by atoms with Crippen LogP contribution < -0.4 is 15.5 Å². The number of anilines is 2. The number of nitrogens with one attached hydrogen (secondary N) is 1. The Hall–Kier alpha value is -4.34. The number of amides is 1. The van der Waals surface area contributed by atoms with Crippen LogP contribution in [-0.2, 0) is 11.0 Å². The first-order valence-corrected chi connectivity index (χ1v) is 11.8. The number of fused-ring (bicyclic) bond motifs is 1. The monoisotopic (exact) mass is 508 g/mol. The Morgan fingerprint density at radius 3 is 2.32 bits per heavy atom. The smallest absolute Gasteiger partial charge is 0.417 e. The van der Waals surface area contributed by atoms with Crippen molar-refractivity contribution in [2.75, 3.05) is 25.0 Å². The summed E-state index contributed by atoms with van der Waals surface area (Å²) in [7, 11) is 0. The summed E-state index contributed by atoms with van der Waals surface area (Å²) in [6.07, 6.45) is -3.63. The van der Waals surface area contributed by atoms with E-state index in [-0.39, 0.29) is 36.4 Å². The van der Waals surface area contributed by atoms with Gasteiger partial charge in [-0.3, -0.25) is 14.2 Å². The maximum atomic E-state index is 14.2. The average molecular weight is 509 g/mol. The van der Waals surface area contributed by atoms with Crippen molar-refractivity contribution in [2.45, 2.75) is 19.0 Å². The molecule has 1 aliphatic rings. The fourth-order valence-electron chi connectivity index (χ4n) is 4.39. The van der Waals surface area contributed by atoms with Gasteiger partial charge < -0.3 is 15.0 Å². The molecule has 4 aromatic rings. The summed E-state index contributed by atoms with van der Waals surface area (Å²) in [5.41, 5.74) is -1.00. The number of ether oxygens (including phenoxy) is 1. The van der Waals surface area contributed by atoms with Gasteiger partial charge in [-0.15, -0.1) is 0 Å². The van der Waals surface area contributed by atoms with Crippen LogP contribution in [0.2, 0.25) is 0 Å². The van der Waals surface area contributed by atoms with Crippen LogP contribution >= 0.6 is 0 Å². The minimum absolute atomic E-state index is 0.0133. The summed E-state index contributed by atoms with van der Waals surface area (Å²) in [6, 6.07) is 19.5. The van der Waals surface area contributed by atoms with Gasteiger partial charge in [0.25, 0.3) is 0 Å². The molecule has 2 aromatic carbocycles. The number of hydrogen-bond acceptors (Lipinski definition) is 5. The topological polar surface area (TPSA) is 76.5 Å². The van der Waals surface area contributed by atoms with Gasteiger partial charge in [0.15, 0.2) is 11.1 Å². The third kappa shape index (κ3) is 5.13. The van der Waals surface area contributed by atoms with Gasteiger partial charge in [-0.05, 0) is 30.7 Å². The Morgan fingerprint density at radius 1 is 0.973 bits per heavy atom. The largest absolute Gasteiger partial charge is 0.476 e. The van der Waals surface area contributed by atoms with Crippen molar-refractivity contribution in [3.05, 3.63) is 88.6 Å². The van der Waals surface area contributed by atoms with Crippen molar-refractivity contribution in [1.29, 1.82) is 0 Å². The first-order valence-electron chi connectivity index (χ1n) is 11.8. The molecule has 0 bridgehead atoms. The molecule has 1 aliphatic heterocycles. The zero-order valence-corrected chi connectivity index (χ0v) is 19.7. The second-order valence-corrected chi connectivity index (χ2v) is 8.59. The average Bonchev–Trinajstić information content (AvgIpc) is 3.29. The summed E-state index contributed by atoms with van der Waals surface area (Å²) in [5.74, 6) is -0.0525. The SMILES string of the molecule is O=C1CCCN1CCOc1cc(C(F)(F)F)c2c(=O)cc(Nc3ccccc3)n(-c3ccccc3)c2n1. The third-order valence-electron chi connectivity index (χ3n) is 6.09. The number of rotatable bonds is 7. The maximum Gasteiger partial charge on any atom is 0.417 e. The quantitative estimate of drug-likeness (QED) is 0.374. The van der Waals surface area contributed by atoms with Gasteiger partial charge >= 0.3 is 6.18 Å². The highest BCUT2D eigenvalue weighted by Gasteiger charge is 2.36. The molecular weight excluding hydrogens is 485 g/mol. The number of nitrogens with zero attached hydrogens (tertiary/aromatic N) is 3. The standard InChI is InChI=1S/C27H23F3N4O3/c28-27(29,30)20-16-23(37-15-14-33-13-7-12-24(33)36)32-26-25(20)21(35)17-22(31-18-8-3-1-4-9-18)34(26)19-10-5-2-6-11-19/h1-6,8-11,16-17,31H,7,12-15H2. The molecule has 0 saturated carbocycles. The lowest BCUT2D eigenvalue weighted by Gasteiger charge is -2.21. The highest BCUT2D eigenvalue weighted by Crippen LogP contribution is 2.37. The van der Waals surface area contributed by atoms with Crippen molar-refractivity contribution in [3.63, 3.8) is 0 Å². The van der Waals surface area contributed by atoms with Crippen LogP contribution in [0.25, 0.3) is 16.7 Å². The number of likely N-dealkylation sites (tertiary alicyclic amines) is 1. The Labute approximate surface area is 210 Å². The van der Waals surface area contributed by atoms with Crippen LogP contribution in [0.1, 0.15) is 18.4 Å². The van der Waals surface area contributed by atoms with Crippen molar-refractivity contribution in [2.24, 2.45) is 0 Å². The molecule has 1 N–H and O–H groups in total. The minimum atomic E-state index is -4.83. The predicted octanol–water partition coefficient (Wildman–Crippen LogP) is 5.15. The van der Waals surface area contributed by atoms with Gasteiger partial charge in [0.05, 0.1) is 17.5 Å². The van der Waals surface area contributed by atoms with Gasteiger partial charge in [-0.1, -0.05) is 36.4 Å². The number of carbonyl (C=O) groups is 1. The lowest BCUT2D eigenvalue weighted by Crippen LogP contribution is -2.29. The summed E-state index contributed by atoms with van der Waals surface area (Å²) in [5, 5.41) is 2.57. The molecule has 1 fully saturated rings. The van der Waals surface area contributed by atoms with E-state index in [4.69, 9.17) is 4.74 Å². The molecule has 7 nitrogen and oxygen atoms in total. The number of carbonyl (C=O) groups excluding carboxylic acids is 1. The van der Waals surface area contributed by atoms with Crippen molar-refractivity contribution in [3.8, 4) is 11.6 Å². The Kier molecular flexibility index (Phi) is 6.56. The number of para-hydroxylation sites is 2.